The van der Waals surface area contributed by atoms with Crippen LogP contribution in [0, 0.1) is 0 Å². The average molecular weight is 390 g/mol. The molecule has 29 heavy (non-hydrogen) atoms. The number of carbonyl (C=O) groups is 1. The molecule has 6 heteroatoms. The van der Waals surface area contributed by atoms with Gasteiger partial charge in [-0.3, -0.25) is 9.78 Å². The van der Waals surface area contributed by atoms with E-state index in [1.807, 2.05) is 18.2 Å². The third-order valence-electron chi connectivity index (χ3n) is 6.03. The summed E-state index contributed by atoms with van der Waals surface area (Å²) >= 11 is 0. The summed E-state index contributed by atoms with van der Waals surface area (Å²) in [6.45, 7) is 5.10. The molecule has 0 bridgehead atoms. The SMILES string of the molecule is O=C1C=C(C2=C(N3CCCC3)C(N3CCCC3)=CCN2)N=C(c2ccccn2)C1. The number of aromatic nitrogens is 1. The van der Waals surface area contributed by atoms with Crippen molar-refractivity contribution in [3.8, 4) is 0 Å². The lowest BCUT2D eigenvalue weighted by atomic mass is 10.0. The molecule has 1 N–H and O–H groups in total. The van der Waals surface area contributed by atoms with Gasteiger partial charge < -0.3 is 15.1 Å². The van der Waals surface area contributed by atoms with E-state index < -0.39 is 0 Å². The van der Waals surface area contributed by atoms with Crippen LogP contribution >= 0.6 is 0 Å². The lowest BCUT2D eigenvalue weighted by molar-refractivity contribution is -0.113. The van der Waals surface area contributed by atoms with Gasteiger partial charge in [0, 0.05) is 45.0 Å². The van der Waals surface area contributed by atoms with Gasteiger partial charge >= 0.3 is 0 Å². The van der Waals surface area contributed by atoms with Crippen LogP contribution in [0.4, 0.5) is 0 Å². The van der Waals surface area contributed by atoms with Gasteiger partial charge in [-0.2, -0.15) is 0 Å². The smallest absolute Gasteiger partial charge is 0.163 e. The number of allylic oxidation sites excluding steroid dienone is 1. The monoisotopic (exact) mass is 389 g/mol. The number of carbonyl (C=O) groups excluding carboxylic acids is 1. The van der Waals surface area contributed by atoms with E-state index >= 15 is 0 Å². The molecule has 2 saturated heterocycles. The Morgan fingerprint density at radius 1 is 0.966 bits per heavy atom. The highest BCUT2D eigenvalue weighted by atomic mass is 16.1. The molecule has 150 valence electrons. The lowest BCUT2D eigenvalue weighted by Crippen LogP contribution is -2.36. The predicted molar refractivity (Wildman–Crippen MR) is 113 cm³/mol. The maximum atomic E-state index is 12.6. The fourth-order valence-electron chi connectivity index (χ4n) is 4.66. The molecule has 4 aliphatic heterocycles. The van der Waals surface area contributed by atoms with Gasteiger partial charge in [-0.25, -0.2) is 4.99 Å². The zero-order valence-corrected chi connectivity index (χ0v) is 16.7. The van der Waals surface area contributed by atoms with Crippen LogP contribution in [0.25, 0.3) is 0 Å². The van der Waals surface area contributed by atoms with E-state index in [1.165, 1.54) is 37.1 Å². The highest BCUT2D eigenvalue weighted by Gasteiger charge is 2.31. The molecule has 0 amide bonds. The molecular weight excluding hydrogens is 362 g/mol. The molecule has 0 atom stereocenters. The number of rotatable bonds is 4. The predicted octanol–water partition coefficient (Wildman–Crippen LogP) is 2.62. The molecule has 1 aromatic rings. The van der Waals surface area contributed by atoms with Gasteiger partial charge in [0.1, 0.15) is 0 Å². The summed E-state index contributed by atoms with van der Waals surface area (Å²) in [7, 11) is 0. The van der Waals surface area contributed by atoms with Gasteiger partial charge in [0.2, 0.25) is 0 Å². The molecule has 6 nitrogen and oxygen atoms in total. The minimum atomic E-state index is 0.0861. The number of likely N-dealkylation sites (tertiary alicyclic amines) is 2. The Balaban J connectivity index is 1.58. The number of nitrogens with one attached hydrogen (secondary N) is 1. The molecule has 1 aromatic heterocycles. The number of aliphatic imine (C=N–C) groups is 1. The van der Waals surface area contributed by atoms with Crippen molar-refractivity contribution in [3.05, 3.63) is 65.0 Å². The largest absolute Gasteiger partial charge is 0.378 e. The Hall–Kier alpha value is -2.89. The summed E-state index contributed by atoms with van der Waals surface area (Å²) in [5.74, 6) is 0.0861. The summed E-state index contributed by atoms with van der Waals surface area (Å²) in [5.41, 5.74) is 5.81. The van der Waals surface area contributed by atoms with Gasteiger partial charge in [0.15, 0.2) is 5.78 Å². The van der Waals surface area contributed by atoms with E-state index in [9.17, 15) is 4.79 Å². The first-order chi connectivity index (χ1) is 14.3. The summed E-state index contributed by atoms with van der Waals surface area (Å²) < 4.78 is 0. The number of nitrogens with zero attached hydrogens (tertiary/aromatic N) is 4. The number of dihydropyridines is 1. The van der Waals surface area contributed by atoms with Crippen molar-refractivity contribution in [2.45, 2.75) is 32.1 Å². The van der Waals surface area contributed by atoms with Crippen LogP contribution in [0.2, 0.25) is 0 Å². The molecule has 0 aliphatic carbocycles. The maximum Gasteiger partial charge on any atom is 0.163 e. The van der Waals surface area contributed by atoms with E-state index in [2.05, 4.69) is 26.2 Å². The third kappa shape index (κ3) is 3.59. The normalized spacial score (nSPS) is 22.5. The van der Waals surface area contributed by atoms with Gasteiger partial charge in [-0.15, -0.1) is 0 Å². The number of pyridine rings is 1. The van der Waals surface area contributed by atoms with Crippen molar-refractivity contribution in [1.82, 2.24) is 20.1 Å². The van der Waals surface area contributed by atoms with Gasteiger partial charge in [-0.1, -0.05) is 6.07 Å². The molecule has 0 spiro atoms. The quantitative estimate of drug-likeness (QED) is 0.858. The fraction of sp³-hybridized carbons (Fsp3) is 0.435. The van der Waals surface area contributed by atoms with Crippen molar-refractivity contribution in [1.29, 1.82) is 0 Å². The highest BCUT2D eigenvalue weighted by Crippen LogP contribution is 2.33. The Morgan fingerprint density at radius 3 is 2.45 bits per heavy atom. The van der Waals surface area contributed by atoms with Crippen LogP contribution in [-0.4, -0.2) is 59.0 Å². The average Bonchev–Trinajstić information content (AvgIpc) is 3.48. The number of ketones is 1. The van der Waals surface area contributed by atoms with E-state index in [1.54, 1.807) is 12.3 Å². The third-order valence-corrected chi connectivity index (χ3v) is 6.03. The Bertz CT molecular complexity index is 916. The Morgan fingerprint density at radius 2 is 1.72 bits per heavy atom. The molecule has 0 unspecified atom stereocenters. The maximum absolute atomic E-state index is 12.6. The zero-order chi connectivity index (χ0) is 19.6. The lowest BCUT2D eigenvalue weighted by Gasteiger charge is -2.35. The van der Waals surface area contributed by atoms with Gasteiger partial charge in [-0.05, 0) is 43.9 Å². The standard InChI is InChI=1S/C23H27N5O/c29-17-15-19(18-7-1-2-9-24-18)26-20(16-17)22-23(28-13-5-6-14-28)21(8-10-25-22)27-11-3-4-12-27/h1-2,7-9,16,25H,3-6,10-15H2. The second kappa shape index (κ2) is 7.85. The van der Waals surface area contributed by atoms with Crippen molar-refractivity contribution in [2.75, 3.05) is 32.7 Å². The summed E-state index contributed by atoms with van der Waals surface area (Å²) in [4.78, 5) is 26.9. The van der Waals surface area contributed by atoms with E-state index in [-0.39, 0.29) is 5.78 Å². The van der Waals surface area contributed by atoms with Gasteiger partial charge in [0.05, 0.1) is 40.6 Å². The van der Waals surface area contributed by atoms with E-state index in [0.717, 1.165) is 55.5 Å². The summed E-state index contributed by atoms with van der Waals surface area (Å²) in [6.07, 6.45) is 11.0. The molecule has 5 rings (SSSR count). The molecule has 0 saturated carbocycles. The Kier molecular flexibility index (Phi) is 4.92. The van der Waals surface area contributed by atoms with Crippen molar-refractivity contribution in [3.63, 3.8) is 0 Å². The minimum Gasteiger partial charge on any atom is -0.378 e. The molecule has 5 heterocycles. The first-order valence-electron chi connectivity index (χ1n) is 10.7. The number of hydrogen-bond acceptors (Lipinski definition) is 6. The molecule has 0 aromatic carbocycles. The fourth-order valence-corrected chi connectivity index (χ4v) is 4.66. The van der Waals surface area contributed by atoms with Crippen LogP contribution in [0.15, 0.2) is 64.3 Å². The van der Waals surface area contributed by atoms with Crippen LogP contribution in [0.5, 0.6) is 0 Å². The minimum absolute atomic E-state index is 0.0861. The first-order valence-corrected chi connectivity index (χ1v) is 10.7. The molecular formula is C23H27N5O. The van der Waals surface area contributed by atoms with Crippen molar-refractivity contribution < 1.29 is 4.79 Å². The summed E-state index contributed by atoms with van der Waals surface area (Å²) in [6, 6.07) is 5.75. The van der Waals surface area contributed by atoms with Crippen LogP contribution in [0.3, 0.4) is 0 Å². The second-order valence-corrected chi connectivity index (χ2v) is 8.03. The number of hydrogen-bond donors (Lipinski definition) is 1. The highest BCUT2D eigenvalue weighted by molar-refractivity contribution is 6.15. The van der Waals surface area contributed by atoms with Crippen molar-refractivity contribution in [2.24, 2.45) is 4.99 Å². The molecule has 0 radical (unpaired) electrons. The topological polar surface area (TPSA) is 60.8 Å². The molecule has 2 fully saturated rings. The second-order valence-electron chi connectivity index (χ2n) is 8.03. The Labute approximate surface area is 171 Å². The summed E-state index contributed by atoms with van der Waals surface area (Å²) in [5, 5.41) is 3.55. The van der Waals surface area contributed by atoms with Crippen LogP contribution in [0.1, 0.15) is 37.8 Å². The zero-order valence-electron chi connectivity index (χ0n) is 16.7. The molecule has 4 aliphatic rings. The van der Waals surface area contributed by atoms with E-state index in [0.29, 0.717) is 6.42 Å². The van der Waals surface area contributed by atoms with E-state index in [4.69, 9.17) is 4.99 Å². The van der Waals surface area contributed by atoms with Gasteiger partial charge in [0.25, 0.3) is 0 Å². The van der Waals surface area contributed by atoms with Crippen LogP contribution < -0.4 is 5.32 Å². The first kappa shape index (κ1) is 18.2. The van der Waals surface area contributed by atoms with Crippen LogP contribution in [-0.2, 0) is 4.79 Å². The van der Waals surface area contributed by atoms with Crippen molar-refractivity contribution >= 4 is 11.5 Å².